The maximum atomic E-state index is 13.3. The third-order valence-electron chi connectivity index (χ3n) is 5.75. The molecule has 1 aromatic heterocycles. The van der Waals surface area contributed by atoms with Crippen molar-refractivity contribution in [1.82, 2.24) is 19.6 Å². The van der Waals surface area contributed by atoms with E-state index in [-0.39, 0.29) is 11.8 Å². The smallest absolute Gasteiger partial charge is 0.257 e. The second-order valence-electron chi connectivity index (χ2n) is 7.75. The minimum atomic E-state index is -0.0496. The maximum Gasteiger partial charge on any atom is 0.257 e. The highest BCUT2D eigenvalue weighted by Gasteiger charge is 2.29. The number of piperazine rings is 1. The Morgan fingerprint density at radius 3 is 2.19 bits per heavy atom. The largest absolute Gasteiger partial charge is 0.497 e. The predicted octanol–water partition coefficient (Wildman–Crippen LogP) is 3.86. The number of benzene rings is 2. The molecule has 0 spiro atoms. The van der Waals surface area contributed by atoms with E-state index < -0.39 is 0 Å². The lowest BCUT2D eigenvalue weighted by Crippen LogP contribution is -2.50. The molecule has 2 aromatic carbocycles. The Balaban J connectivity index is 1.47. The summed E-state index contributed by atoms with van der Waals surface area (Å²) in [5.74, 6) is 0.557. The van der Waals surface area contributed by atoms with Crippen LogP contribution in [0.25, 0.3) is 5.69 Å². The number of ether oxygens (including phenoxy) is 1. The van der Waals surface area contributed by atoms with E-state index in [1.54, 1.807) is 39.8 Å². The van der Waals surface area contributed by atoms with Crippen LogP contribution in [0.3, 0.4) is 0 Å². The van der Waals surface area contributed by atoms with E-state index in [1.165, 1.54) is 0 Å². The number of hydrogen-bond donors (Lipinski definition) is 0. The average Bonchev–Trinajstić information content (AvgIpc) is 3.12. The monoisotopic (exact) mass is 496 g/mol. The minimum absolute atomic E-state index is 0.0446. The Kier molecular flexibility index (Phi) is 6.32. The number of carbonyl (C=O) groups excluding carboxylic acids is 2. The molecule has 1 aliphatic rings. The number of methoxy groups -OCH3 is 1. The molecule has 8 heteroatoms. The summed E-state index contributed by atoms with van der Waals surface area (Å²) in [6.07, 6.45) is 0. The Hall–Kier alpha value is -3.13. The Bertz CT molecular complexity index is 1150. The van der Waals surface area contributed by atoms with E-state index in [9.17, 15) is 9.59 Å². The molecular formula is C24H25BrN4O3. The second kappa shape index (κ2) is 9.16. The molecule has 0 atom stereocenters. The van der Waals surface area contributed by atoms with Crippen LogP contribution in [-0.2, 0) is 0 Å². The van der Waals surface area contributed by atoms with Gasteiger partial charge >= 0.3 is 0 Å². The van der Waals surface area contributed by atoms with E-state index >= 15 is 0 Å². The summed E-state index contributed by atoms with van der Waals surface area (Å²) < 4.78 is 8.01. The van der Waals surface area contributed by atoms with Crippen LogP contribution in [0.15, 0.2) is 53.0 Å². The molecule has 166 valence electrons. The van der Waals surface area contributed by atoms with E-state index in [0.29, 0.717) is 48.7 Å². The van der Waals surface area contributed by atoms with E-state index in [0.717, 1.165) is 15.9 Å². The first kappa shape index (κ1) is 22.1. The third kappa shape index (κ3) is 4.27. The molecule has 7 nitrogen and oxygen atoms in total. The molecule has 0 unspecified atom stereocenters. The van der Waals surface area contributed by atoms with E-state index in [4.69, 9.17) is 4.74 Å². The van der Waals surface area contributed by atoms with Gasteiger partial charge in [-0.25, -0.2) is 4.68 Å². The average molecular weight is 497 g/mol. The van der Waals surface area contributed by atoms with Crippen LogP contribution in [0.5, 0.6) is 5.75 Å². The highest BCUT2D eigenvalue weighted by molar-refractivity contribution is 9.10. The van der Waals surface area contributed by atoms with Crippen LogP contribution in [-0.4, -0.2) is 64.7 Å². The number of halogens is 1. The highest BCUT2D eigenvalue weighted by Crippen LogP contribution is 2.22. The van der Waals surface area contributed by atoms with Gasteiger partial charge in [-0.3, -0.25) is 9.59 Å². The number of carbonyl (C=O) groups is 2. The van der Waals surface area contributed by atoms with Gasteiger partial charge in [0.25, 0.3) is 11.8 Å². The first-order valence-corrected chi connectivity index (χ1v) is 11.2. The molecular weight excluding hydrogens is 472 g/mol. The number of rotatable bonds is 4. The lowest BCUT2D eigenvalue weighted by molar-refractivity contribution is 0.0534. The number of aromatic nitrogens is 2. The van der Waals surface area contributed by atoms with Crippen molar-refractivity contribution in [3.8, 4) is 11.4 Å². The van der Waals surface area contributed by atoms with Crippen LogP contribution >= 0.6 is 15.9 Å². The van der Waals surface area contributed by atoms with Crippen molar-refractivity contribution in [2.75, 3.05) is 33.3 Å². The third-order valence-corrected chi connectivity index (χ3v) is 6.28. The van der Waals surface area contributed by atoms with Crippen LogP contribution in [0.1, 0.15) is 32.1 Å². The summed E-state index contributed by atoms with van der Waals surface area (Å²) in [7, 11) is 1.58. The number of amides is 2. The van der Waals surface area contributed by atoms with Gasteiger partial charge < -0.3 is 14.5 Å². The lowest BCUT2D eigenvalue weighted by atomic mass is 10.1. The van der Waals surface area contributed by atoms with Crippen molar-refractivity contribution in [2.45, 2.75) is 13.8 Å². The van der Waals surface area contributed by atoms with Gasteiger partial charge in [0.1, 0.15) is 5.75 Å². The number of hydrogen-bond acceptors (Lipinski definition) is 4. The van der Waals surface area contributed by atoms with Gasteiger partial charge in [0.05, 0.1) is 29.7 Å². The fourth-order valence-electron chi connectivity index (χ4n) is 4.00. The molecule has 1 aliphatic heterocycles. The van der Waals surface area contributed by atoms with Crippen molar-refractivity contribution < 1.29 is 14.3 Å². The van der Waals surface area contributed by atoms with E-state index in [1.807, 2.05) is 44.2 Å². The van der Waals surface area contributed by atoms with Gasteiger partial charge in [0.2, 0.25) is 0 Å². The normalized spacial score (nSPS) is 13.9. The highest BCUT2D eigenvalue weighted by atomic mass is 79.9. The van der Waals surface area contributed by atoms with E-state index in [2.05, 4.69) is 21.0 Å². The summed E-state index contributed by atoms with van der Waals surface area (Å²) >= 11 is 3.44. The van der Waals surface area contributed by atoms with Gasteiger partial charge in [-0.15, -0.1) is 0 Å². The first-order chi connectivity index (χ1) is 15.4. The first-order valence-electron chi connectivity index (χ1n) is 10.4. The van der Waals surface area contributed by atoms with Gasteiger partial charge in [0, 0.05) is 36.2 Å². The molecule has 0 saturated carbocycles. The summed E-state index contributed by atoms with van der Waals surface area (Å²) in [6.45, 7) is 5.71. The SMILES string of the molecule is COc1cccc(C(=O)N2CCN(C(=O)c3c(C)nn(-c4ccc(Br)cc4)c3C)CC2)c1. The molecule has 1 saturated heterocycles. The second-order valence-corrected chi connectivity index (χ2v) is 8.67. The van der Waals surface area contributed by atoms with Crippen molar-refractivity contribution >= 4 is 27.7 Å². The molecule has 32 heavy (non-hydrogen) atoms. The quantitative estimate of drug-likeness (QED) is 0.549. The fraction of sp³-hybridized carbons (Fsp3) is 0.292. The van der Waals surface area contributed by atoms with Crippen LogP contribution in [0.2, 0.25) is 0 Å². The lowest BCUT2D eigenvalue weighted by Gasteiger charge is -2.35. The Morgan fingerprint density at radius 1 is 0.938 bits per heavy atom. The molecule has 4 rings (SSSR count). The Labute approximate surface area is 195 Å². The molecule has 2 heterocycles. The molecule has 0 N–H and O–H groups in total. The fourth-order valence-corrected chi connectivity index (χ4v) is 4.26. The van der Waals surface area contributed by atoms with Crippen molar-refractivity contribution in [1.29, 1.82) is 0 Å². The molecule has 0 bridgehead atoms. The van der Waals surface area contributed by atoms with Gasteiger partial charge in [-0.05, 0) is 56.3 Å². The van der Waals surface area contributed by atoms with Crippen LogP contribution < -0.4 is 4.74 Å². The van der Waals surface area contributed by atoms with Crippen LogP contribution in [0.4, 0.5) is 0 Å². The van der Waals surface area contributed by atoms with Gasteiger partial charge in [-0.2, -0.15) is 5.10 Å². The Morgan fingerprint density at radius 2 is 1.56 bits per heavy atom. The molecule has 3 aromatic rings. The number of aryl methyl sites for hydroxylation is 1. The molecule has 1 fully saturated rings. The summed E-state index contributed by atoms with van der Waals surface area (Å²) in [6, 6.07) is 15.0. The van der Waals surface area contributed by atoms with Crippen molar-refractivity contribution in [3.63, 3.8) is 0 Å². The van der Waals surface area contributed by atoms with Crippen LogP contribution in [0, 0.1) is 13.8 Å². The number of nitrogens with zero attached hydrogens (tertiary/aromatic N) is 4. The topological polar surface area (TPSA) is 67.7 Å². The maximum absolute atomic E-state index is 13.3. The zero-order valence-electron chi connectivity index (χ0n) is 18.3. The minimum Gasteiger partial charge on any atom is -0.497 e. The summed E-state index contributed by atoms with van der Waals surface area (Å²) in [5.41, 5.74) is 3.63. The summed E-state index contributed by atoms with van der Waals surface area (Å²) in [4.78, 5) is 29.8. The molecule has 2 amide bonds. The molecule has 0 aliphatic carbocycles. The van der Waals surface area contributed by atoms with Gasteiger partial charge in [-0.1, -0.05) is 22.0 Å². The zero-order chi connectivity index (χ0) is 22.8. The standard InChI is InChI=1S/C24H25BrN4O3/c1-16-22(17(2)29(26-16)20-9-7-19(25)8-10-20)24(31)28-13-11-27(12-14-28)23(30)18-5-4-6-21(15-18)32-3/h4-10,15H,11-14H2,1-3H3. The molecule has 0 radical (unpaired) electrons. The predicted molar refractivity (Wildman–Crippen MR) is 126 cm³/mol. The zero-order valence-corrected chi connectivity index (χ0v) is 19.9. The van der Waals surface area contributed by atoms with Crippen molar-refractivity contribution in [2.24, 2.45) is 0 Å². The van der Waals surface area contributed by atoms with Gasteiger partial charge in [0.15, 0.2) is 0 Å². The summed E-state index contributed by atoms with van der Waals surface area (Å²) in [5, 5.41) is 4.60. The van der Waals surface area contributed by atoms with Crippen molar-refractivity contribution in [3.05, 3.63) is 75.5 Å².